The molecule has 4 rings (SSSR count). The largest absolute Gasteiger partial charge is 0.507 e. The Bertz CT molecular complexity index is 1450. The van der Waals surface area contributed by atoms with Gasteiger partial charge in [0.15, 0.2) is 0 Å². The quantitative estimate of drug-likeness (QED) is 0.0813. The molecular weight excluding hydrogens is 564 g/mol. The lowest BCUT2D eigenvalue weighted by Gasteiger charge is -2.28. The van der Waals surface area contributed by atoms with E-state index in [1.807, 2.05) is 0 Å². The first-order valence-corrected chi connectivity index (χ1v) is 18.1. The van der Waals surface area contributed by atoms with Crippen LogP contribution < -0.4 is 4.74 Å². The van der Waals surface area contributed by atoms with Gasteiger partial charge in [-0.25, -0.2) is 0 Å². The molecule has 0 saturated carbocycles. The highest BCUT2D eigenvalue weighted by Crippen LogP contribution is 2.46. The Morgan fingerprint density at radius 2 is 1.30 bits per heavy atom. The zero-order valence-corrected chi connectivity index (χ0v) is 30.2. The average molecular weight is 625 g/mol. The van der Waals surface area contributed by atoms with Crippen LogP contribution in [-0.2, 0) is 34.9 Å². The summed E-state index contributed by atoms with van der Waals surface area (Å²) >= 11 is 0. The summed E-state index contributed by atoms with van der Waals surface area (Å²) in [4.78, 5) is 12.6. The van der Waals surface area contributed by atoms with Crippen LogP contribution in [0.1, 0.15) is 165 Å². The van der Waals surface area contributed by atoms with Gasteiger partial charge in [-0.15, -0.1) is 0 Å². The molecule has 1 aliphatic carbocycles. The zero-order chi connectivity index (χ0) is 33.5. The Balaban J connectivity index is 1.66. The van der Waals surface area contributed by atoms with E-state index in [2.05, 4.69) is 90.9 Å². The van der Waals surface area contributed by atoms with Crippen LogP contribution >= 0.6 is 0 Å². The van der Waals surface area contributed by atoms with Crippen LogP contribution in [0.3, 0.4) is 0 Å². The number of ether oxygens (including phenoxy) is 1. The minimum atomic E-state index is -0.275. The van der Waals surface area contributed by atoms with E-state index in [-0.39, 0.29) is 16.8 Å². The number of hydrogen-bond acceptors (Lipinski definition) is 3. The molecule has 0 heterocycles. The minimum Gasteiger partial charge on any atom is -0.507 e. The van der Waals surface area contributed by atoms with E-state index in [0.29, 0.717) is 12.2 Å². The lowest BCUT2D eigenvalue weighted by molar-refractivity contribution is -0.132. The molecule has 0 saturated heterocycles. The van der Waals surface area contributed by atoms with Crippen molar-refractivity contribution in [3.8, 4) is 22.6 Å². The lowest BCUT2D eigenvalue weighted by atomic mass is 9.77. The van der Waals surface area contributed by atoms with Crippen molar-refractivity contribution in [3.05, 3.63) is 81.4 Å². The van der Waals surface area contributed by atoms with Crippen molar-refractivity contribution in [2.24, 2.45) is 0 Å². The third kappa shape index (κ3) is 9.05. The zero-order valence-electron chi connectivity index (χ0n) is 30.2. The van der Waals surface area contributed by atoms with E-state index >= 15 is 0 Å². The van der Waals surface area contributed by atoms with Crippen LogP contribution in [0.25, 0.3) is 11.1 Å². The second-order valence-corrected chi connectivity index (χ2v) is 15.8. The number of carbonyl (C=O) groups excluding carboxylic acids is 1. The van der Waals surface area contributed by atoms with Gasteiger partial charge in [-0.2, -0.15) is 0 Å². The number of aromatic hydroxyl groups is 1. The highest BCUT2D eigenvalue weighted by molar-refractivity contribution is 5.83. The van der Waals surface area contributed by atoms with E-state index in [4.69, 9.17) is 4.74 Å². The van der Waals surface area contributed by atoms with Crippen LogP contribution in [0.4, 0.5) is 0 Å². The summed E-state index contributed by atoms with van der Waals surface area (Å²) < 4.78 is 6.17. The molecule has 0 aromatic heterocycles. The highest BCUT2D eigenvalue weighted by atomic mass is 16.5. The molecule has 1 N–H and O–H groups in total. The van der Waals surface area contributed by atoms with Gasteiger partial charge >= 0.3 is 5.97 Å². The normalized spacial score (nSPS) is 12.7. The molecule has 0 bridgehead atoms. The van der Waals surface area contributed by atoms with Crippen LogP contribution in [0.15, 0.2) is 42.5 Å². The van der Waals surface area contributed by atoms with Gasteiger partial charge in [-0.1, -0.05) is 155 Å². The first kappa shape index (κ1) is 35.8. The van der Waals surface area contributed by atoms with Gasteiger partial charge in [0.2, 0.25) is 0 Å². The van der Waals surface area contributed by atoms with Gasteiger partial charge < -0.3 is 9.84 Å². The number of aryl methyl sites for hydroxylation is 1. The summed E-state index contributed by atoms with van der Waals surface area (Å²) in [5.74, 6) is 0.874. The number of fused-ring (bicyclic) bond motifs is 3. The molecule has 46 heavy (non-hydrogen) atoms. The Hall–Kier alpha value is -3.07. The molecule has 0 aliphatic heterocycles. The molecule has 3 aromatic rings. The number of benzene rings is 3. The summed E-state index contributed by atoms with van der Waals surface area (Å²) in [5.41, 5.74) is 9.94. The SMILES string of the molecule is CCCCCCCCCCCCCc1cc2c(c(OC(C)=O)c1Cc1cc(C(C)(C)C)c(O)c(C(C)(C)C)c1)Cc1ccccc1-2. The smallest absolute Gasteiger partial charge is 0.308 e. The fourth-order valence-corrected chi connectivity index (χ4v) is 7.15. The van der Waals surface area contributed by atoms with Gasteiger partial charge in [-0.3, -0.25) is 4.79 Å². The first-order chi connectivity index (χ1) is 21.8. The predicted octanol–water partition coefficient (Wildman–Crippen LogP) is 11.9. The molecular formula is C43H60O3. The van der Waals surface area contributed by atoms with Crippen molar-refractivity contribution in [2.45, 2.75) is 156 Å². The summed E-state index contributed by atoms with van der Waals surface area (Å²) in [6.07, 6.45) is 16.9. The third-order valence-electron chi connectivity index (χ3n) is 9.72. The second kappa shape index (κ2) is 15.7. The number of esters is 1. The van der Waals surface area contributed by atoms with Crippen molar-refractivity contribution in [3.63, 3.8) is 0 Å². The van der Waals surface area contributed by atoms with Crippen molar-refractivity contribution < 1.29 is 14.6 Å². The standard InChI is InChI=1S/C43H60O3/c1-9-10-11-12-13-14-15-16-17-18-19-22-33-28-36-34-24-21-20-23-32(34)29-37(36)41(46-30(2)44)35(33)25-31-26-38(42(3,4)5)40(45)39(27-31)43(6,7)8/h20-21,23-24,26-28,45H,9-19,22,25,29H2,1-8H3. The number of unbranched alkanes of at least 4 members (excludes halogenated alkanes) is 10. The van der Waals surface area contributed by atoms with Gasteiger partial charge in [0, 0.05) is 30.9 Å². The molecule has 0 radical (unpaired) electrons. The monoisotopic (exact) mass is 624 g/mol. The fraction of sp³-hybridized carbons (Fsp3) is 0.558. The molecule has 250 valence electrons. The predicted molar refractivity (Wildman–Crippen MR) is 194 cm³/mol. The number of hydrogen-bond donors (Lipinski definition) is 1. The molecule has 0 spiro atoms. The van der Waals surface area contributed by atoms with E-state index in [9.17, 15) is 9.90 Å². The number of phenols is 1. The Kier molecular flexibility index (Phi) is 12.2. The summed E-state index contributed by atoms with van der Waals surface area (Å²) in [7, 11) is 0. The van der Waals surface area contributed by atoms with Crippen molar-refractivity contribution >= 4 is 5.97 Å². The summed E-state index contributed by atoms with van der Waals surface area (Å²) in [6.45, 7) is 16.8. The fourth-order valence-electron chi connectivity index (χ4n) is 7.15. The average Bonchev–Trinajstić information content (AvgIpc) is 3.35. The Labute approximate surface area is 280 Å². The molecule has 3 heteroatoms. The Morgan fingerprint density at radius 3 is 1.85 bits per heavy atom. The van der Waals surface area contributed by atoms with Crippen molar-refractivity contribution in [2.75, 3.05) is 0 Å². The molecule has 0 atom stereocenters. The van der Waals surface area contributed by atoms with E-state index in [0.717, 1.165) is 52.8 Å². The first-order valence-electron chi connectivity index (χ1n) is 18.1. The maximum atomic E-state index is 12.6. The van der Waals surface area contributed by atoms with E-state index in [1.165, 1.54) is 93.4 Å². The van der Waals surface area contributed by atoms with E-state index < -0.39 is 0 Å². The van der Waals surface area contributed by atoms with Crippen molar-refractivity contribution in [1.82, 2.24) is 0 Å². The third-order valence-corrected chi connectivity index (χ3v) is 9.72. The minimum absolute atomic E-state index is 0.212. The lowest BCUT2D eigenvalue weighted by Crippen LogP contribution is -2.18. The van der Waals surface area contributed by atoms with Gasteiger partial charge in [0.1, 0.15) is 11.5 Å². The van der Waals surface area contributed by atoms with Gasteiger partial charge in [0.25, 0.3) is 0 Å². The number of rotatable bonds is 15. The van der Waals surface area contributed by atoms with Crippen molar-refractivity contribution in [1.29, 1.82) is 0 Å². The second-order valence-electron chi connectivity index (χ2n) is 15.8. The van der Waals surface area contributed by atoms with Crippen LogP contribution in [0.5, 0.6) is 11.5 Å². The van der Waals surface area contributed by atoms with Gasteiger partial charge in [-0.05, 0) is 62.6 Å². The van der Waals surface area contributed by atoms with Crippen LogP contribution in [-0.4, -0.2) is 11.1 Å². The summed E-state index contributed by atoms with van der Waals surface area (Å²) in [5, 5.41) is 11.4. The topological polar surface area (TPSA) is 46.5 Å². The molecule has 3 aromatic carbocycles. The number of carbonyl (C=O) groups is 1. The molecule has 0 amide bonds. The highest BCUT2D eigenvalue weighted by Gasteiger charge is 2.30. The Morgan fingerprint density at radius 1 is 0.761 bits per heavy atom. The maximum Gasteiger partial charge on any atom is 0.308 e. The summed E-state index contributed by atoms with van der Waals surface area (Å²) in [6, 6.07) is 15.4. The molecule has 3 nitrogen and oxygen atoms in total. The molecule has 0 unspecified atom stereocenters. The van der Waals surface area contributed by atoms with Crippen LogP contribution in [0, 0.1) is 0 Å². The maximum absolute atomic E-state index is 12.6. The molecule has 1 aliphatic rings. The van der Waals surface area contributed by atoms with E-state index in [1.54, 1.807) is 0 Å². The molecule has 0 fully saturated rings. The van der Waals surface area contributed by atoms with Gasteiger partial charge in [0.05, 0.1) is 0 Å². The van der Waals surface area contributed by atoms with Crippen LogP contribution in [0.2, 0.25) is 0 Å². The number of phenolic OH excluding ortho intramolecular Hbond substituents is 1.